The molecule has 1 aromatic carbocycles. The van der Waals surface area contributed by atoms with E-state index in [1.165, 1.54) is 6.20 Å². The number of benzene rings is 1. The standard InChI is InChI=1S/C13H10Br2N2O/c1-8-3-2-4-11(12(8)15)17-13(18)9-5-10(14)7-16-6-9/h2-7H,1H3,(H,17,18). The third kappa shape index (κ3) is 2.97. The minimum atomic E-state index is -0.185. The molecule has 1 amide bonds. The van der Waals surface area contributed by atoms with Gasteiger partial charge < -0.3 is 5.32 Å². The first kappa shape index (κ1) is 13.2. The minimum Gasteiger partial charge on any atom is -0.321 e. The van der Waals surface area contributed by atoms with Crippen LogP contribution < -0.4 is 5.32 Å². The van der Waals surface area contributed by atoms with E-state index in [4.69, 9.17) is 0 Å². The molecular weight excluding hydrogens is 360 g/mol. The van der Waals surface area contributed by atoms with Gasteiger partial charge in [0, 0.05) is 21.3 Å². The van der Waals surface area contributed by atoms with Crippen LogP contribution in [0.2, 0.25) is 0 Å². The number of aromatic nitrogens is 1. The molecule has 0 unspecified atom stereocenters. The Morgan fingerprint density at radius 1 is 1.28 bits per heavy atom. The van der Waals surface area contributed by atoms with Gasteiger partial charge in [0.1, 0.15) is 0 Å². The molecule has 0 atom stereocenters. The van der Waals surface area contributed by atoms with Gasteiger partial charge in [-0.2, -0.15) is 0 Å². The van der Waals surface area contributed by atoms with Gasteiger partial charge in [-0.1, -0.05) is 12.1 Å². The smallest absolute Gasteiger partial charge is 0.257 e. The van der Waals surface area contributed by atoms with Crippen molar-refractivity contribution in [3.05, 3.63) is 56.7 Å². The first-order valence-electron chi connectivity index (χ1n) is 5.25. The number of carbonyl (C=O) groups excluding carboxylic acids is 1. The Hall–Kier alpha value is -1.20. The minimum absolute atomic E-state index is 0.185. The maximum atomic E-state index is 12.0. The Balaban J connectivity index is 2.24. The van der Waals surface area contributed by atoms with Gasteiger partial charge in [0.05, 0.1) is 11.3 Å². The van der Waals surface area contributed by atoms with Crippen LogP contribution in [0.1, 0.15) is 15.9 Å². The van der Waals surface area contributed by atoms with Crippen LogP contribution in [0.25, 0.3) is 0 Å². The molecule has 0 aliphatic carbocycles. The Morgan fingerprint density at radius 2 is 2.06 bits per heavy atom. The van der Waals surface area contributed by atoms with Crippen molar-refractivity contribution in [2.45, 2.75) is 6.92 Å². The van der Waals surface area contributed by atoms with E-state index in [1.807, 2.05) is 25.1 Å². The SMILES string of the molecule is Cc1cccc(NC(=O)c2cncc(Br)c2)c1Br. The zero-order chi connectivity index (χ0) is 13.1. The summed E-state index contributed by atoms with van der Waals surface area (Å²) in [5.41, 5.74) is 2.33. The molecule has 1 N–H and O–H groups in total. The van der Waals surface area contributed by atoms with E-state index in [2.05, 4.69) is 42.2 Å². The molecule has 0 fully saturated rings. The quantitative estimate of drug-likeness (QED) is 0.863. The number of halogens is 2. The second-order valence-corrected chi connectivity index (χ2v) is 5.49. The molecule has 0 bridgehead atoms. The van der Waals surface area contributed by atoms with Crippen LogP contribution in [0.4, 0.5) is 5.69 Å². The van der Waals surface area contributed by atoms with Crippen LogP contribution in [0, 0.1) is 6.92 Å². The summed E-state index contributed by atoms with van der Waals surface area (Å²) in [4.78, 5) is 16.0. The first-order chi connectivity index (χ1) is 8.58. The zero-order valence-electron chi connectivity index (χ0n) is 9.58. The molecule has 3 nitrogen and oxygen atoms in total. The van der Waals surface area contributed by atoms with Crippen LogP contribution in [0.5, 0.6) is 0 Å². The molecule has 0 aliphatic heterocycles. The van der Waals surface area contributed by atoms with Crippen LogP contribution in [-0.2, 0) is 0 Å². The van der Waals surface area contributed by atoms with Crippen LogP contribution in [0.15, 0.2) is 45.6 Å². The van der Waals surface area contributed by atoms with E-state index in [0.717, 1.165) is 20.2 Å². The summed E-state index contributed by atoms with van der Waals surface area (Å²) in [6.07, 6.45) is 3.17. The molecule has 0 spiro atoms. The van der Waals surface area contributed by atoms with Crippen molar-refractivity contribution in [2.75, 3.05) is 5.32 Å². The van der Waals surface area contributed by atoms with Crippen molar-refractivity contribution >= 4 is 43.5 Å². The lowest BCUT2D eigenvalue weighted by molar-refractivity contribution is 0.102. The maximum absolute atomic E-state index is 12.0. The molecule has 0 radical (unpaired) electrons. The Bertz CT molecular complexity index is 599. The lowest BCUT2D eigenvalue weighted by Gasteiger charge is -2.09. The number of hydrogen-bond acceptors (Lipinski definition) is 2. The number of hydrogen-bond donors (Lipinski definition) is 1. The fourth-order valence-electron chi connectivity index (χ4n) is 1.47. The van der Waals surface area contributed by atoms with Gasteiger partial charge in [-0.15, -0.1) is 0 Å². The molecule has 0 saturated carbocycles. The summed E-state index contributed by atoms with van der Waals surface area (Å²) in [6, 6.07) is 7.45. The Labute approximate surface area is 122 Å². The topological polar surface area (TPSA) is 42.0 Å². The molecule has 2 aromatic rings. The molecule has 5 heteroatoms. The normalized spacial score (nSPS) is 10.2. The average Bonchev–Trinajstić information content (AvgIpc) is 2.35. The number of nitrogens with one attached hydrogen (secondary N) is 1. The van der Waals surface area contributed by atoms with E-state index in [-0.39, 0.29) is 5.91 Å². The highest BCUT2D eigenvalue weighted by atomic mass is 79.9. The van der Waals surface area contributed by atoms with Crippen molar-refractivity contribution in [1.82, 2.24) is 4.98 Å². The number of pyridine rings is 1. The second kappa shape index (κ2) is 5.63. The number of aryl methyl sites for hydroxylation is 1. The molecule has 2 rings (SSSR count). The Morgan fingerprint density at radius 3 is 2.78 bits per heavy atom. The molecular formula is C13H10Br2N2O. The van der Waals surface area contributed by atoms with E-state index < -0.39 is 0 Å². The molecule has 0 saturated heterocycles. The Kier molecular flexibility index (Phi) is 4.14. The lowest BCUT2D eigenvalue weighted by atomic mass is 10.2. The predicted molar refractivity (Wildman–Crippen MR) is 78.8 cm³/mol. The maximum Gasteiger partial charge on any atom is 0.257 e. The second-order valence-electron chi connectivity index (χ2n) is 3.78. The number of amides is 1. The molecule has 0 aliphatic rings. The van der Waals surface area contributed by atoms with Gasteiger partial charge in [0.15, 0.2) is 0 Å². The highest BCUT2D eigenvalue weighted by Crippen LogP contribution is 2.26. The summed E-state index contributed by atoms with van der Waals surface area (Å²) in [7, 11) is 0. The van der Waals surface area contributed by atoms with Crippen molar-refractivity contribution in [3.8, 4) is 0 Å². The van der Waals surface area contributed by atoms with Crippen LogP contribution >= 0.6 is 31.9 Å². The first-order valence-corrected chi connectivity index (χ1v) is 6.83. The lowest BCUT2D eigenvalue weighted by Crippen LogP contribution is -2.12. The highest BCUT2D eigenvalue weighted by molar-refractivity contribution is 9.11. The third-order valence-electron chi connectivity index (χ3n) is 2.41. The largest absolute Gasteiger partial charge is 0.321 e. The number of nitrogens with zero attached hydrogens (tertiary/aromatic N) is 1. The fraction of sp³-hybridized carbons (Fsp3) is 0.0769. The molecule has 1 heterocycles. The van der Waals surface area contributed by atoms with Gasteiger partial charge in [0.25, 0.3) is 5.91 Å². The van der Waals surface area contributed by atoms with Gasteiger partial charge in [-0.25, -0.2) is 0 Å². The summed E-state index contributed by atoms with van der Waals surface area (Å²) in [5.74, 6) is -0.185. The van der Waals surface area contributed by atoms with E-state index in [1.54, 1.807) is 12.3 Å². The summed E-state index contributed by atoms with van der Waals surface area (Å²) in [6.45, 7) is 1.97. The van der Waals surface area contributed by atoms with Crippen molar-refractivity contribution in [3.63, 3.8) is 0 Å². The number of carbonyl (C=O) groups is 1. The molecule has 1 aromatic heterocycles. The van der Waals surface area contributed by atoms with Crippen LogP contribution in [0.3, 0.4) is 0 Å². The van der Waals surface area contributed by atoms with Crippen LogP contribution in [-0.4, -0.2) is 10.9 Å². The monoisotopic (exact) mass is 368 g/mol. The highest BCUT2D eigenvalue weighted by Gasteiger charge is 2.09. The van der Waals surface area contributed by atoms with E-state index >= 15 is 0 Å². The van der Waals surface area contributed by atoms with Crippen molar-refractivity contribution < 1.29 is 4.79 Å². The summed E-state index contributed by atoms with van der Waals surface area (Å²) < 4.78 is 1.67. The number of rotatable bonds is 2. The van der Waals surface area contributed by atoms with Crippen molar-refractivity contribution in [1.29, 1.82) is 0 Å². The number of anilines is 1. The van der Waals surface area contributed by atoms with Gasteiger partial charge in [0.2, 0.25) is 0 Å². The summed E-state index contributed by atoms with van der Waals surface area (Å²) >= 11 is 6.75. The van der Waals surface area contributed by atoms with Gasteiger partial charge in [-0.3, -0.25) is 9.78 Å². The predicted octanol–water partition coefficient (Wildman–Crippen LogP) is 4.17. The zero-order valence-corrected chi connectivity index (χ0v) is 12.7. The average molecular weight is 370 g/mol. The van der Waals surface area contributed by atoms with Gasteiger partial charge in [-0.05, 0) is 56.5 Å². The van der Waals surface area contributed by atoms with E-state index in [9.17, 15) is 4.79 Å². The fourth-order valence-corrected chi connectivity index (χ4v) is 2.20. The third-order valence-corrected chi connectivity index (χ3v) is 3.89. The molecule has 18 heavy (non-hydrogen) atoms. The van der Waals surface area contributed by atoms with E-state index in [0.29, 0.717) is 5.56 Å². The van der Waals surface area contributed by atoms with Gasteiger partial charge >= 0.3 is 0 Å². The van der Waals surface area contributed by atoms with Crippen molar-refractivity contribution in [2.24, 2.45) is 0 Å². The summed E-state index contributed by atoms with van der Waals surface area (Å²) in [5, 5.41) is 2.85. The molecule has 92 valence electrons.